The van der Waals surface area contributed by atoms with Crippen molar-refractivity contribution >= 4 is 5.97 Å². The summed E-state index contributed by atoms with van der Waals surface area (Å²) in [6, 6.07) is 8.37. The molecule has 1 aromatic heterocycles. The Morgan fingerprint density at radius 3 is 2.70 bits per heavy atom. The third kappa shape index (κ3) is 4.51. The molecule has 2 rings (SSSR count). The molecular formula is C17H15FN2O3. The Bertz CT molecular complexity index is 724. The van der Waals surface area contributed by atoms with E-state index in [1.165, 1.54) is 24.4 Å². The molecule has 0 aliphatic heterocycles. The fourth-order valence-corrected chi connectivity index (χ4v) is 1.73. The number of hydrogen-bond donors (Lipinski definition) is 0. The summed E-state index contributed by atoms with van der Waals surface area (Å²) in [5, 5.41) is 8.65. The van der Waals surface area contributed by atoms with Crippen molar-refractivity contribution in [2.75, 3.05) is 6.61 Å². The molecule has 0 saturated heterocycles. The number of nitriles is 1. The number of nitrogens with zero attached hydrogens (tertiary/aromatic N) is 2. The van der Waals surface area contributed by atoms with E-state index in [0.29, 0.717) is 12.4 Å². The number of benzene rings is 1. The van der Waals surface area contributed by atoms with Crippen LogP contribution in [0, 0.1) is 17.1 Å². The zero-order valence-corrected chi connectivity index (χ0v) is 12.6. The Labute approximate surface area is 133 Å². The molecule has 23 heavy (non-hydrogen) atoms. The highest BCUT2D eigenvalue weighted by Gasteiger charge is 2.12. The average Bonchev–Trinajstić information content (AvgIpc) is 2.56. The monoisotopic (exact) mass is 314 g/mol. The van der Waals surface area contributed by atoms with Crippen molar-refractivity contribution in [3.63, 3.8) is 0 Å². The van der Waals surface area contributed by atoms with Crippen LogP contribution in [0.4, 0.5) is 4.39 Å². The molecule has 0 aliphatic rings. The SMILES string of the molecule is CCCCOc1ccc(C(=O)Oc2ccc(C#N)c(F)c2)nc1. The third-order valence-electron chi connectivity index (χ3n) is 2.98. The van der Waals surface area contributed by atoms with Gasteiger partial charge in [0.2, 0.25) is 0 Å². The first-order valence-electron chi connectivity index (χ1n) is 7.14. The summed E-state index contributed by atoms with van der Waals surface area (Å²) in [4.78, 5) is 15.9. The molecule has 0 saturated carbocycles. The van der Waals surface area contributed by atoms with Gasteiger partial charge in [0.15, 0.2) is 0 Å². The second-order valence-corrected chi connectivity index (χ2v) is 4.72. The Hall–Kier alpha value is -2.94. The first-order valence-corrected chi connectivity index (χ1v) is 7.14. The predicted octanol–water partition coefficient (Wildman–Crippen LogP) is 3.49. The van der Waals surface area contributed by atoms with Gasteiger partial charge in [-0.3, -0.25) is 0 Å². The van der Waals surface area contributed by atoms with E-state index < -0.39 is 11.8 Å². The van der Waals surface area contributed by atoms with Crippen LogP contribution < -0.4 is 9.47 Å². The molecular weight excluding hydrogens is 299 g/mol. The number of carbonyl (C=O) groups is 1. The molecule has 1 heterocycles. The van der Waals surface area contributed by atoms with E-state index in [1.807, 2.05) is 0 Å². The van der Waals surface area contributed by atoms with Gasteiger partial charge in [-0.1, -0.05) is 13.3 Å². The third-order valence-corrected chi connectivity index (χ3v) is 2.98. The Morgan fingerprint density at radius 1 is 1.30 bits per heavy atom. The normalized spacial score (nSPS) is 9.96. The molecule has 0 aliphatic carbocycles. The highest BCUT2D eigenvalue weighted by molar-refractivity contribution is 5.89. The lowest BCUT2D eigenvalue weighted by Gasteiger charge is -2.06. The van der Waals surface area contributed by atoms with E-state index in [4.69, 9.17) is 14.7 Å². The number of halogens is 1. The lowest BCUT2D eigenvalue weighted by Crippen LogP contribution is -2.11. The van der Waals surface area contributed by atoms with Gasteiger partial charge in [0.1, 0.15) is 29.1 Å². The van der Waals surface area contributed by atoms with Crippen LogP contribution in [0.2, 0.25) is 0 Å². The van der Waals surface area contributed by atoms with E-state index in [-0.39, 0.29) is 17.0 Å². The van der Waals surface area contributed by atoms with Crippen LogP contribution in [0.1, 0.15) is 35.8 Å². The van der Waals surface area contributed by atoms with Crippen LogP contribution in [0.15, 0.2) is 36.5 Å². The largest absolute Gasteiger partial charge is 0.492 e. The molecule has 0 atom stereocenters. The highest BCUT2D eigenvalue weighted by Crippen LogP contribution is 2.18. The standard InChI is InChI=1S/C17H15FN2O3/c1-2-3-8-22-14-6-7-16(20-11-14)17(21)23-13-5-4-12(10-19)15(18)9-13/h4-7,9,11H,2-3,8H2,1H3. The van der Waals surface area contributed by atoms with E-state index in [1.54, 1.807) is 12.1 Å². The van der Waals surface area contributed by atoms with Gasteiger partial charge in [0, 0.05) is 6.07 Å². The molecule has 0 radical (unpaired) electrons. The fraction of sp³-hybridized carbons (Fsp3) is 0.235. The molecule has 2 aromatic rings. The molecule has 0 N–H and O–H groups in total. The molecule has 118 valence electrons. The predicted molar refractivity (Wildman–Crippen MR) is 80.7 cm³/mol. The van der Waals surface area contributed by atoms with E-state index in [9.17, 15) is 9.18 Å². The summed E-state index contributed by atoms with van der Waals surface area (Å²) >= 11 is 0. The number of rotatable bonds is 6. The maximum atomic E-state index is 13.5. The van der Waals surface area contributed by atoms with E-state index in [0.717, 1.165) is 18.9 Å². The van der Waals surface area contributed by atoms with Crippen LogP contribution in [-0.4, -0.2) is 17.6 Å². The smallest absolute Gasteiger partial charge is 0.362 e. The molecule has 0 amide bonds. The number of ether oxygens (including phenoxy) is 2. The molecule has 1 aromatic carbocycles. The number of aromatic nitrogens is 1. The summed E-state index contributed by atoms with van der Waals surface area (Å²) < 4.78 is 23.9. The number of unbranched alkanes of at least 4 members (excludes halogenated alkanes) is 1. The zero-order valence-electron chi connectivity index (χ0n) is 12.6. The first-order chi connectivity index (χ1) is 11.1. The van der Waals surface area contributed by atoms with E-state index in [2.05, 4.69) is 11.9 Å². The van der Waals surface area contributed by atoms with Crippen LogP contribution in [0.3, 0.4) is 0 Å². The summed E-state index contributed by atoms with van der Waals surface area (Å²) in [6.07, 6.45) is 3.40. The minimum Gasteiger partial charge on any atom is -0.492 e. The molecule has 5 nitrogen and oxygen atoms in total. The highest BCUT2D eigenvalue weighted by atomic mass is 19.1. The Morgan fingerprint density at radius 2 is 2.09 bits per heavy atom. The van der Waals surface area contributed by atoms with Gasteiger partial charge in [-0.05, 0) is 30.7 Å². The van der Waals surface area contributed by atoms with Gasteiger partial charge in [0.25, 0.3) is 0 Å². The van der Waals surface area contributed by atoms with Crippen molar-refractivity contribution in [1.82, 2.24) is 4.98 Å². The maximum absolute atomic E-state index is 13.5. The second-order valence-electron chi connectivity index (χ2n) is 4.72. The van der Waals surface area contributed by atoms with Gasteiger partial charge in [-0.2, -0.15) is 5.26 Å². The van der Waals surface area contributed by atoms with Crippen molar-refractivity contribution < 1.29 is 18.7 Å². The second kappa shape index (κ2) is 7.90. The van der Waals surface area contributed by atoms with Gasteiger partial charge in [0.05, 0.1) is 18.4 Å². The molecule has 0 unspecified atom stereocenters. The number of hydrogen-bond acceptors (Lipinski definition) is 5. The number of carbonyl (C=O) groups excluding carboxylic acids is 1. The minimum atomic E-state index is -0.745. The molecule has 0 spiro atoms. The summed E-state index contributed by atoms with van der Waals surface area (Å²) in [7, 11) is 0. The van der Waals surface area contributed by atoms with Crippen molar-refractivity contribution in [2.45, 2.75) is 19.8 Å². The number of pyridine rings is 1. The van der Waals surface area contributed by atoms with Gasteiger partial charge >= 0.3 is 5.97 Å². The summed E-state index contributed by atoms with van der Waals surface area (Å²) in [5.74, 6) is -0.879. The topological polar surface area (TPSA) is 72.2 Å². The van der Waals surface area contributed by atoms with Gasteiger partial charge in [-0.25, -0.2) is 14.2 Å². The maximum Gasteiger partial charge on any atom is 0.362 e. The van der Waals surface area contributed by atoms with Crippen LogP contribution >= 0.6 is 0 Å². The van der Waals surface area contributed by atoms with Crippen molar-refractivity contribution in [1.29, 1.82) is 5.26 Å². The van der Waals surface area contributed by atoms with Gasteiger partial charge < -0.3 is 9.47 Å². The Kier molecular flexibility index (Phi) is 5.64. The van der Waals surface area contributed by atoms with Crippen LogP contribution in [0.5, 0.6) is 11.5 Å². The first kappa shape index (κ1) is 16.4. The summed E-state index contributed by atoms with van der Waals surface area (Å²) in [5.41, 5.74) is -0.0332. The van der Waals surface area contributed by atoms with E-state index >= 15 is 0 Å². The minimum absolute atomic E-state index is 0.0107. The molecule has 6 heteroatoms. The van der Waals surface area contributed by atoms with Crippen molar-refractivity contribution in [2.24, 2.45) is 0 Å². The quantitative estimate of drug-likeness (QED) is 0.463. The molecule has 0 fully saturated rings. The Balaban J connectivity index is 2.00. The molecule has 0 bridgehead atoms. The lowest BCUT2D eigenvalue weighted by atomic mass is 10.2. The van der Waals surface area contributed by atoms with Crippen molar-refractivity contribution in [3.8, 4) is 17.6 Å². The van der Waals surface area contributed by atoms with Crippen LogP contribution in [-0.2, 0) is 0 Å². The number of esters is 1. The van der Waals surface area contributed by atoms with Gasteiger partial charge in [-0.15, -0.1) is 0 Å². The zero-order chi connectivity index (χ0) is 16.7. The lowest BCUT2D eigenvalue weighted by molar-refractivity contribution is 0.0728. The average molecular weight is 314 g/mol. The van der Waals surface area contributed by atoms with Crippen LogP contribution in [0.25, 0.3) is 0 Å². The fourth-order valence-electron chi connectivity index (χ4n) is 1.73. The summed E-state index contributed by atoms with van der Waals surface area (Å²) in [6.45, 7) is 2.65. The van der Waals surface area contributed by atoms with Crippen molar-refractivity contribution in [3.05, 3.63) is 53.6 Å².